The van der Waals surface area contributed by atoms with Crippen LogP contribution in [0.4, 0.5) is 0 Å². The molecular formula is C22H33NO2Sn. The van der Waals surface area contributed by atoms with E-state index in [2.05, 4.69) is 26.8 Å². The summed E-state index contributed by atoms with van der Waals surface area (Å²) in [4.78, 5) is 12.8. The quantitative estimate of drug-likeness (QED) is 0.203. The average Bonchev–Trinajstić information content (AvgIpc) is 2.67. The van der Waals surface area contributed by atoms with E-state index in [-0.39, 0.29) is 5.57 Å². The molecule has 4 heteroatoms. The number of benzene rings is 1. The molecule has 0 aliphatic heterocycles. The van der Waals surface area contributed by atoms with E-state index in [1.807, 2.05) is 30.3 Å². The number of carbonyl (C=O) groups is 1. The number of nitriles is 1. The minimum atomic E-state index is -3.04. The number of hydrogen-bond donors (Lipinski definition) is 0. The van der Waals surface area contributed by atoms with Crippen molar-refractivity contribution in [2.45, 2.75) is 72.6 Å². The number of unbranched alkanes of at least 4 members (excludes halogenated alkanes) is 3. The zero-order valence-electron chi connectivity index (χ0n) is 16.6. The third kappa shape index (κ3) is 7.95. The summed E-state index contributed by atoms with van der Waals surface area (Å²) in [5.41, 5.74) is 0.985. The monoisotopic (exact) mass is 463 g/mol. The maximum absolute atomic E-state index is 12.8. The molecule has 0 saturated carbocycles. The van der Waals surface area contributed by atoms with Crippen molar-refractivity contribution in [1.29, 1.82) is 5.26 Å². The van der Waals surface area contributed by atoms with Gasteiger partial charge in [0.15, 0.2) is 0 Å². The second-order valence-electron chi connectivity index (χ2n) is 6.96. The molecule has 0 unspecified atom stereocenters. The van der Waals surface area contributed by atoms with E-state index in [4.69, 9.17) is 3.07 Å². The molecule has 26 heavy (non-hydrogen) atoms. The molecule has 142 valence electrons. The molecule has 0 amide bonds. The van der Waals surface area contributed by atoms with Crippen LogP contribution >= 0.6 is 0 Å². The molecule has 0 spiro atoms. The molecular weight excluding hydrogens is 429 g/mol. The van der Waals surface area contributed by atoms with Gasteiger partial charge in [-0.25, -0.2) is 0 Å². The predicted molar refractivity (Wildman–Crippen MR) is 111 cm³/mol. The molecule has 0 aliphatic carbocycles. The van der Waals surface area contributed by atoms with Crippen LogP contribution in [-0.2, 0) is 7.87 Å². The van der Waals surface area contributed by atoms with Gasteiger partial charge in [0.1, 0.15) is 0 Å². The second-order valence-corrected chi connectivity index (χ2v) is 18.6. The van der Waals surface area contributed by atoms with E-state index in [1.54, 1.807) is 6.08 Å². The zero-order valence-corrected chi connectivity index (χ0v) is 19.4. The summed E-state index contributed by atoms with van der Waals surface area (Å²) in [7, 11) is 0. The minimum absolute atomic E-state index is 0.127. The summed E-state index contributed by atoms with van der Waals surface area (Å²) in [6.45, 7) is 6.57. The van der Waals surface area contributed by atoms with E-state index in [0.717, 1.165) is 57.4 Å². The van der Waals surface area contributed by atoms with Gasteiger partial charge in [-0.2, -0.15) is 0 Å². The van der Waals surface area contributed by atoms with Crippen LogP contribution in [0.15, 0.2) is 35.9 Å². The van der Waals surface area contributed by atoms with Gasteiger partial charge in [-0.1, -0.05) is 0 Å². The number of rotatable bonds is 12. The van der Waals surface area contributed by atoms with Gasteiger partial charge in [-0.3, -0.25) is 0 Å². The molecule has 0 fully saturated rings. The van der Waals surface area contributed by atoms with Crippen molar-refractivity contribution in [3.05, 3.63) is 41.5 Å². The van der Waals surface area contributed by atoms with Gasteiger partial charge in [-0.15, -0.1) is 0 Å². The molecule has 0 aromatic heterocycles. The van der Waals surface area contributed by atoms with E-state index < -0.39 is 24.8 Å². The van der Waals surface area contributed by atoms with Crippen LogP contribution in [0, 0.1) is 11.3 Å². The van der Waals surface area contributed by atoms with Crippen LogP contribution in [0.2, 0.25) is 13.3 Å². The summed E-state index contributed by atoms with van der Waals surface area (Å²) in [6, 6.07) is 11.6. The molecule has 3 nitrogen and oxygen atoms in total. The van der Waals surface area contributed by atoms with Crippen LogP contribution < -0.4 is 0 Å². The zero-order chi connectivity index (χ0) is 19.3. The maximum atomic E-state index is 12.8. The fourth-order valence-corrected chi connectivity index (χ4v) is 16.1. The second kappa shape index (κ2) is 13.0. The first-order valence-electron chi connectivity index (χ1n) is 10.0. The molecule has 0 aliphatic rings. The van der Waals surface area contributed by atoms with Gasteiger partial charge >= 0.3 is 164 Å². The van der Waals surface area contributed by atoms with Crippen LogP contribution in [0.1, 0.15) is 64.9 Å². The van der Waals surface area contributed by atoms with Crippen molar-refractivity contribution in [2.75, 3.05) is 0 Å². The third-order valence-corrected chi connectivity index (χ3v) is 17.3. The van der Waals surface area contributed by atoms with Gasteiger partial charge in [0.2, 0.25) is 0 Å². The fourth-order valence-electron chi connectivity index (χ4n) is 3.13. The molecule has 0 N–H and O–H groups in total. The van der Waals surface area contributed by atoms with Crippen molar-refractivity contribution >= 4 is 30.8 Å². The summed E-state index contributed by atoms with van der Waals surface area (Å²) in [5, 5.41) is 9.49. The SMILES string of the molecule is CCC[CH2][Sn]([CH2]CCC)([CH2]CCC)[O]C(=O)/C(C#N)=C/c1ccccc1. The third-order valence-electron chi connectivity index (χ3n) is 4.72. The van der Waals surface area contributed by atoms with Gasteiger partial charge < -0.3 is 0 Å². The van der Waals surface area contributed by atoms with E-state index in [0.29, 0.717) is 0 Å². The average molecular weight is 462 g/mol. The Morgan fingerprint density at radius 1 is 1.00 bits per heavy atom. The Morgan fingerprint density at radius 3 is 1.92 bits per heavy atom. The first kappa shape index (κ1) is 22.8. The van der Waals surface area contributed by atoms with Gasteiger partial charge in [0.05, 0.1) is 0 Å². The predicted octanol–water partition coefficient (Wildman–Crippen LogP) is 6.48. The fraction of sp³-hybridized carbons (Fsp3) is 0.545. The Balaban J connectivity index is 3.02. The van der Waals surface area contributed by atoms with Crippen LogP contribution in [0.3, 0.4) is 0 Å². The Kier molecular flexibility index (Phi) is 11.4. The van der Waals surface area contributed by atoms with Crippen molar-refractivity contribution in [3.63, 3.8) is 0 Å². The van der Waals surface area contributed by atoms with Crippen molar-refractivity contribution in [1.82, 2.24) is 0 Å². The molecule has 1 aromatic rings. The first-order valence-corrected chi connectivity index (χ1v) is 17.2. The molecule has 0 radical (unpaired) electrons. The summed E-state index contributed by atoms with van der Waals surface area (Å²) < 4.78 is 9.50. The van der Waals surface area contributed by atoms with Gasteiger partial charge in [0, 0.05) is 0 Å². The van der Waals surface area contributed by atoms with Crippen LogP contribution in [0.5, 0.6) is 0 Å². The summed E-state index contributed by atoms with van der Waals surface area (Å²) >= 11 is -3.04. The van der Waals surface area contributed by atoms with Crippen molar-refractivity contribution < 1.29 is 7.87 Å². The standard InChI is InChI=1S/C10H7NO2.3C4H9.Sn/c11-7-9(10(12)13)6-8-4-2-1-3-5-8;3*1-3-4-2;/h1-6H,(H,12,13);3*1,3-4H2,2H3;/q;;;;+1/p-1/b9-6+;;;;. The summed E-state index contributed by atoms with van der Waals surface area (Å²) in [6.07, 6.45) is 8.40. The Labute approximate surface area is 163 Å². The van der Waals surface area contributed by atoms with Gasteiger partial charge in [0.25, 0.3) is 0 Å². The van der Waals surface area contributed by atoms with E-state index >= 15 is 0 Å². The molecule has 1 rings (SSSR count). The molecule has 0 saturated heterocycles. The summed E-state index contributed by atoms with van der Waals surface area (Å²) in [5.74, 6) is -0.393. The first-order chi connectivity index (χ1) is 12.6. The Bertz CT molecular complexity index is 583. The Hall–Kier alpha value is -1.28. The van der Waals surface area contributed by atoms with Crippen LogP contribution in [0.25, 0.3) is 6.08 Å². The van der Waals surface area contributed by atoms with E-state index in [9.17, 15) is 10.1 Å². The molecule has 1 aromatic carbocycles. The van der Waals surface area contributed by atoms with Crippen LogP contribution in [-0.4, -0.2) is 24.8 Å². The van der Waals surface area contributed by atoms with Crippen molar-refractivity contribution in [2.24, 2.45) is 0 Å². The molecule has 0 heterocycles. The van der Waals surface area contributed by atoms with Crippen molar-refractivity contribution in [3.8, 4) is 6.07 Å². The number of carbonyl (C=O) groups excluding carboxylic acids is 1. The molecule has 0 bridgehead atoms. The number of hydrogen-bond acceptors (Lipinski definition) is 3. The molecule has 0 atom stereocenters. The van der Waals surface area contributed by atoms with Gasteiger partial charge in [-0.05, 0) is 0 Å². The van der Waals surface area contributed by atoms with E-state index in [1.165, 1.54) is 0 Å². The normalized spacial score (nSPS) is 11.8. The Morgan fingerprint density at radius 2 is 1.50 bits per heavy atom. The number of nitrogens with zero attached hydrogens (tertiary/aromatic N) is 1. The topological polar surface area (TPSA) is 50.1 Å².